The van der Waals surface area contributed by atoms with Crippen molar-refractivity contribution in [3.8, 4) is 0 Å². The Morgan fingerprint density at radius 2 is 0.400 bits per heavy atom. The van der Waals surface area contributed by atoms with Crippen LogP contribution in [0, 0.1) is 0 Å². The Labute approximate surface area is 222 Å². The second-order valence-electron chi connectivity index (χ2n) is 11.2. The average molecular weight is 496 g/mol. The lowest BCUT2D eigenvalue weighted by atomic mass is 10.0. The van der Waals surface area contributed by atoms with E-state index < -0.39 is 0 Å². The quantitative estimate of drug-likeness (QED) is 0.0814. The topological polar surface area (TPSA) is 64.1 Å². The van der Waals surface area contributed by atoms with E-state index in [-0.39, 0.29) is 0 Å². The molecule has 0 heterocycles. The Morgan fingerprint density at radius 3 is 0.600 bits per heavy atom. The Kier molecular flexibility index (Phi) is 33.8. The molecule has 0 aromatic rings. The van der Waals surface area contributed by atoms with Crippen molar-refractivity contribution in [2.75, 3.05) is 26.2 Å². The fourth-order valence-electron chi connectivity index (χ4n) is 5.16. The Hall–Kier alpha value is -0.120. The third-order valence-corrected chi connectivity index (χ3v) is 7.62. The van der Waals surface area contributed by atoms with Gasteiger partial charge in [0.25, 0.3) is 0 Å². The van der Waals surface area contributed by atoms with Crippen LogP contribution in [0.2, 0.25) is 0 Å². The van der Waals surface area contributed by atoms with Gasteiger partial charge in [0.05, 0.1) is 0 Å². The number of nitrogens with one attached hydrogen (secondary N) is 1. The van der Waals surface area contributed by atoms with Crippen molar-refractivity contribution >= 4 is 0 Å². The molecule has 0 saturated heterocycles. The molecule has 3 nitrogen and oxygen atoms in total. The van der Waals surface area contributed by atoms with Gasteiger partial charge in [0.15, 0.2) is 0 Å². The first kappa shape index (κ1) is 34.9. The Bertz CT molecular complexity index is 316. The van der Waals surface area contributed by atoms with Gasteiger partial charge in [-0.05, 0) is 51.9 Å². The van der Waals surface area contributed by atoms with Gasteiger partial charge in [-0.15, -0.1) is 0 Å². The normalized spacial score (nSPS) is 11.5. The maximum absolute atomic E-state index is 5.54. The van der Waals surface area contributed by atoms with Crippen LogP contribution in [0.15, 0.2) is 0 Å². The molecule has 0 unspecified atom stereocenters. The summed E-state index contributed by atoms with van der Waals surface area (Å²) in [6.45, 7) is 4.21. The van der Waals surface area contributed by atoms with Crippen molar-refractivity contribution in [2.24, 2.45) is 11.5 Å². The molecule has 0 saturated carbocycles. The van der Waals surface area contributed by atoms with E-state index in [0.29, 0.717) is 0 Å². The van der Waals surface area contributed by atoms with Crippen LogP contribution in [0.3, 0.4) is 0 Å². The second-order valence-corrected chi connectivity index (χ2v) is 11.2. The standard InChI is InChI=1S/C32H69N3/c33-29-25-21-17-13-9-5-1-3-7-11-15-19-23-27-31-35-32-28-24-20-16-12-8-4-2-6-10-14-18-22-26-30-34/h35H,1-34H2. The highest BCUT2D eigenvalue weighted by Crippen LogP contribution is 2.14. The highest BCUT2D eigenvalue weighted by molar-refractivity contribution is 4.54. The first-order valence-electron chi connectivity index (χ1n) is 16.5. The summed E-state index contributed by atoms with van der Waals surface area (Å²) < 4.78 is 0. The van der Waals surface area contributed by atoms with Crippen LogP contribution >= 0.6 is 0 Å². The predicted octanol–water partition coefficient (Wildman–Crippen LogP) is 9.42. The molecule has 0 rings (SSSR count). The Morgan fingerprint density at radius 1 is 0.229 bits per heavy atom. The fraction of sp³-hybridized carbons (Fsp3) is 1.00. The summed E-state index contributed by atoms with van der Waals surface area (Å²) in [6, 6.07) is 0. The van der Waals surface area contributed by atoms with Crippen LogP contribution in [0.4, 0.5) is 0 Å². The van der Waals surface area contributed by atoms with E-state index in [1.165, 1.54) is 193 Å². The van der Waals surface area contributed by atoms with Gasteiger partial charge in [0, 0.05) is 0 Å². The summed E-state index contributed by atoms with van der Waals surface area (Å²) in [5.74, 6) is 0. The third-order valence-electron chi connectivity index (χ3n) is 7.62. The maximum atomic E-state index is 5.54. The van der Waals surface area contributed by atoms with Gasteiger partial charge in [-0.2, -0.15) is 0 Å². The van der Waals surface area contributed by atoms with E-state index in [9.17, 15) is 0 Å². The highest BCUT2D eigenvalue weighted by atomic mass is 14.8. The molecule has 0 amide bonds. The molecule has 0 aliphatic carbocycles. The van der Waals surface area contributed by atoms with Crippen LogP contribution in [0.25, 0.3) is 0 Å². The van der Waals surface area contributed by atoms with Gasteiger partial charge >= 0.3 is 0 Å². The number of hydrogen-bond donors (Lipinski definition) is 3. The van der Waals surface area contributed by atoms with Gasteiger partial charge < -0.3 is 16.8 Å². The molecular weight excluding hydrogens is 426 g/mol. The third kappa shape index (κ3) is 33.9. The molecular formula is C32H69N3. The largest absolute Gasteiger partial charge is 0.330 e. The summed E-state index contributed by atoms with van der Waals surface area (Å²) in [6.07, 6.45) is 39.6. The second kappa shape index (κ2) is 33.9. The fourth-order valence-corrected chi connectivity index (χ4v) is 5.16. The van der Waals surface area contributed by atoms with Crippen molar-refractivity contribution in [1.82, 2.24) is 5.32 Å². The van der Waals surface area contributed by atoms with Crippen LogP contribution in [-0.2, 0) is 0 Å². The average Bonchev–Trinajstić information content (AvgIpc) is 2.87. The SMILES string of the molecule is NCCCCCCCCCCCCCCCCNCCCCCCCCCCCCCCCCN. The molecule has 5 N–H and O–H groups in total. The van der Waals surface area contributed by atoms with Crippen molar-refractivity contribution in [3.05, 3.63) is 0 Å². The first-order valence-corrected chi connectivity index (χ1v) is 16.5. The highest BCUT2D eigenvalue weighted by Gasteiger charge is 1.96. The monoisotopic (exact) mass is 496 g/mol. The Balaban J connectivity index is 3.00. The zero-order chi connectivity index (χ0) is 25.3. The lowest BCUT2D eigenvalue weighted by Crippen LogP contribution is -2.16. The van der Waals surface area contributed by atoms with Crippen molar-refractivity contribution in [1.29, 1.82) is 0 Å². The number of nitrogens with two attached hydrogens (primary N) is 2. The molecule has 0 aromatic heterocycles. The molecule has 0 aliphatic heterocycles. The van der Waals surface area contributed by atoms with Crippen LogP contribution < -0.4 is 16.8 Å². The lowest BCUT2D eigenvalue weighted by molar-refractivity contribution is 0.517. The summed E-state index contributed by atoms with van der Waals surface area (Å²) in [5.41, 5.74) is 11.1. The lowest BCUT2D eigenvalue weighted by Gasteiger charge is -2.06. The van der Waals surface area contributed by atoms with E-state index in [0.717, 1.165) is 13.1 Å². The minimum atomic E-state index is 0.869. The van der Waals surface area contributed by atoms with E-state index in [4.69, 9.17) is 11.5 Å². The van der Waals surface area contributed by atoms with E-state index in [1.54, 1.807) is 0 Å². The predicted molar refractivity (Wildman–Crippen MR) is 160 cm³/mol. The van der Waals surface area contributed by atoms with E-state index in [1.807, 2.05) is 0 Å². The summed E-state index contributed by atoms with van der Waals surface area (Å²) >= 11 is 0. The molecule has 0 spiro atoms. The van der Waals surface area contributed by atoms with Crippen molar-refractivity contribution < 1.29 is 0 Å². The molecule has 0 fully saturated rings. The first-order chi connectivity index (χ1) is 17.4. The molecule has 0 atom stereocenters. The molecule has 3 heteroatoms. The molecule has 35 heavy (non-hydrogen) atoms. The van der Waals surface area contributed by atoms with Crippen molar-refractivity contribution in [3.63, 3.8) is 0 Å². The van der Waals surface area contributed by atoms with Gasteiger partial charge in [0.1, 0.15) is 0 Å². The zero-order valence-corrected chi connectivity index (χ0v) is 24.3. The van der Waals surface area contributed by atoms with Crippen LogP contribution in [0.1, 0.15) is 180 Å². The minimum Gasteiger partial charge on any atom is -0.330 e. The summed E-state index contributed by atoms with van der Waals surface area (Å²) in [4.78, 5) is 0. The van der Waals surface area contributed by atoms with Gasteiger partial charge in [-0.25, -0.2) is 0 Å². The molecule has 0 aliphatic rings. The smallest absolute Gasteiger partial charge is 0.00489 e. The molecule has 0 aromatic carbocycles. The van der Waals surface area contributed by atoms with Crippen LogP contribution in [0.5, 0.6) is 0 Å². The van der Waals surface area contributed by atoms with Gasteiger partial charge in [0.2, 0.25) is 0 Å². The van der Waals surface area contributed by atoms with Gasteiger partial charge in [-0.3, -0.25) is 0 Å². The van der Waals surface area contributed by atoms with Gasteiger partial charge in [-0.1, -0.05) is 154 Å². The number of hydrogen-bond acceptors (Lipinski definition) is 3. The summed E-state index contributed by atoms with van der Waals surface area (Å²) in [5, 5.41) is 3.67. The van der Waals surface area contributed by atoms with Crippen LogP contribution in [-0.4, -0.2) is 26.2 Å². The van der Waals surface area contributed by atoms with E-state index >= 15 is 0 Å². The summed E-state index contributed by atoms with van der Waals surface area (Å²) in [7, 11) is 0. The number of unbranched alkanes of at least 4 members (excludes halogenated alkanes) is 26. The maximum Gasteiger partial charge on any atom is -0.00489 e. The zero-order valence-electron chi connectivity index (χ0n) is 24.3. The number of rotatable bonds is 32. The minimum absolute atomic E-state index is 0.869. The van der Waals surface area contributed by atoms with E-state index in [2.05, 4.69) is 5.32 Å². The molecule has 212 valence electrons. The molecule has 0 radical (unpaired) electrons. The van der Waals surface area contributed by atoms with Crippen molar-refractivity contribution in [2.45, 2.75) is 180 Å². The molecule has 0 bridgehead atoms.